The van der Waals surface area contributed by atoms with Crippen LogP contribution in [-0.2, 0) is 0 Å². The molecular formula is C23H28ClN5O. The maximum Gasteiger partial charge on any atom is 0.201 e. The van der Waals surface area contributed by atoms with E-state index in [-0.39, 0.29) is 12.1 Å². The molecule has 0 saturated carbocycles. The number of nitrogens with one attached hydrogen (secondary N) is 1. The average Bonchev–Trinajstić information content (AvgIpc) is 3.33. The van der Waals surface area contributed by atoms with Crippen LogP contribution in [0.25, 0.3) is 5.57 Å². The van der Waals surface area contributed by atoms with Gasteiger partial charge in [-0.2, -0.15) is 5.26 Å². The highest BCUT2D eigenvalue weighted by Gasteiger charge is 2.45. The highest BCUT2D eigenvalue weighted by molar-refractivity contribution is 6.32. The van der Waals surface area contributed by atoms with Gasteiger partial charge < -0.3 is 10.1 Å². The summed E-state index contributed by atoms with van der Waals surface area (Å²) in [6, 6.07) is 5.76. The van der Waals surface area contributed by atoms with Crippen LogP contribution in [0.5, 0.6) is 5.75 Å². The van der Waals surface area contributed by atoms with Crippen LogP contribution >= 0.6 is 11.6 Å². The minimum absolute atomic E-state index is 0.171. The Morgan fingerprint density at radius 1 is 1.33 bits per heavy atom. The summed E-state index contributed by atoms with van der Waals surface area (Å²) in [6.07, 6.45) is 7.41. The molecule has 1 unspecified atom stereocenters. The van der Waals surface area contributed by atoms with E-state index in [1.54, 1.807) is 12.1 Å². The van der Waals surface area contributed by atoms with E-state index >= 15 is 0 Å². The quantitative estimate of drug-likeness (QED) is 0.669. The summed E-state index contributed by atoms with van der Waals surface area (Å²) in [5.41, 5.74) is 4.36. The zero-order valence-electron chi connectivity index (χ0n) is 18.0. The molecule has 4 rings (SSSR count). The van der Waals surface area contributed by atoms with E-state index in [9.17, 15) is 5.26 Å². The topological polar surface area (TPSA) is 63.9 Å². The molecule has 1 atom stereocenters. The molecule has 0 aromatic heterocycles. The van der Waals surface area contributed by atoms with Crippen molar-refractivity contribution in [1.29, 1.82) is 5.26 Å². The number of halogens is 1. The Morgan fingerprint density at radius 2 is 2.10 bits per heavy atom. The molecule has 0 bridgehead atoms. The van der Waals surface area contributed by atoms with Crippen molar-refractivity contribution >= 4 is 23.0 Å². The lowest BCUT2D eigenvalue weighted by atomic mass is 9.99. The first-order valence-corrected chi connectivity index (χ1v) is 11.1. The summed E-state index contributed by atoms with van der Waals surface area (Å²) >= 11 is 6.65. The number of hydrogen-bond donors (Lipinski definition) is 1. The summed E-state index contributed by atoms with van der Waals surface area (Å²) in [4.78, 5) is 5.13. The Bertz CT molecular complexity index is 986. The zero-order valence-corrected chi connectivity index (χ0v) is 18.8. The first-order chi connectivity index (χ1) is 14.5. The predicted molar refractivity (Wildman–Crippen MR) is 119 cm³/mol. The number of nitriles is 1. The summed E-state index contributed by atoms with van der Waals surface area (Å²) < 4.78 is 5.31. The number of aliphatic imine (C=N–C) groups is 1. The Balaban J connectivity index is 1.91. The molecule has 6 nitrogen and oxygen atoms in total. The average molecular weight is 426 g/mol. The summed E-state index contributed by atoms with van der Waals surface area (Å²) in [7, 11) is 1.63. The van der Waals surface area contributed by atoms with Crippen molar-refractivity contribution in [3.63, 3.8) is 0 Å². The number of allylic oxidation sites excluding steroid dienone is 1. The first-order valence-electron chi connectivity index (χ1n) is 10.7. The molecule has 158 valence electrons. The third kappa shape index (κ3) is 3.22. The van der Waals surface area contributed by atoms with Crippen LogP contribution in [0.3, 0.4) is 0 Å². The number of methoxy groups -OCH3 is 1. The van der Waals surface area contributed by atoms with Gasteiger partial charge in [0.25, 0.3) is 0 Å². The van der Waals surface area contributed by atoms with Crippen LogP contribution in [0.2, 0.25) is 5.02 Å². The van der Waals surface area contributed by atoms with Gasteiger partial charge in [0, 0.05) is 22.4 Å². The van der Waals surface area contributed by atoms with Crippen molar-refractivity contribution in [2.75, 3.05) is 7.11 Å². The second kappa shape index (κ2) is 8.23. The van der Waals surface area contributed by atoms with Crippen LogP contribution in [0.4, 0.5) is 0 Å². The number of hydrazine groups is 1. The van der Waals surface area contributed by atoms with Gasteiger partial charge in [0.1, 0.15) is 11.6 Å². The normalized spacial score (nSPS) is 21.9. The lowest BCUT2D eigenvalue weighted by Crippen LogP contribution is -2.48. The number of benzene rings is 1. The van der Waals surface area contributed by atoms with Gasteiger partial charge in [0.2, 0.25) is 6.19 Å². The van der Waals surface area contributed by atoms with Crippen molar-refractivity contribution in [3.05, 3.63) is 45.9 Å². The first kappa shape index (κ1) is 20.6. The SMILES string of the molecule is CCC(CC)N=C1C2=C(CCC2)NC2=C(c3ccc(OC)cc3Cl)C(C)N(C#N)N12. The molecule has 0 fully saturated rings. The monoisotopic (exact) mass is 425 g/mol. The second-order valence-electron chi connectivity index (χ2n) is 7.90. The van der Waals surface area contributed by atoms with Crippen LogP contribution in [0.15, 0.2) is 40.3 Å². The van der Waals surface area contributed by atoms with Gasteiger partial charge in [-0.3, -0.25) is 4.99 Å². The fourth-order valence-corrected chi connectivity index (χ4v) is 4.82. The fourth-order valence-electron chi connectivity index (χ4n) is 4.54. The standard InChI is InChI=1S/C23H28ClN5O/c1-5-15(6-2)26-22-18-8-7-9-20(18)27-23-21(14(3)28(13-25)29(22)23)17-11-10-16(30-4)12-19(17)24/h10-12,14-15,27H,5-9H2,1-4H3. The van der Waals surface area contributed by atoms with Crippen molar-refractivity contribution < 1.29 is 4.74 Å². The molecular weight excluding hydrogens is 398 g/mol. The minimum Gasteiger partial charge on any atom is -0.497 e. The third-order valence-electron chi connectivity index (χ3n) is 6.24. The van der Waals surface area contributed by atoms with Crippen LogP contribution < -0.4 is 10.1 Å². The Labute approximate surface area is 183 Å². The third-order valence-corrected chi connectivity index (χ3v) is 6.55. The largest absolute Gasteiger partial charge is 0.497 e. The van der Waals surface area contributed by atoms with E-state index in [1.807, 2.05) is 30.1 Å². The Hall–Kier alpha value is -2.65. The predicted octanol–water partition coefficient (Wildman–Crippen LogP) is 5.05. The highest BCUT2D eigenvalue weighted by Crippen LogP contribution is 2.44. The molecule has 1 aromatic rings. The second-order valence-corrected chi connectivity index (χ2v) is 8.31. The number of nitrogens with zero attached hydrogens (tertiary/aromatic N) is 4. The summed E-state index contributed by atoms with van der Waals surface area (Å²) in [6.45, 7) is 6.36. The van der Waals surface area contributed by atoms with Crippen LogP contribution in [0.1, 0.15) is 58.4 Å². The van der Waals surface area contributed by atoms with Gasteiger partial charge in [0.15, 0.2) is 5.84 Å². The van der Waals surface area contributed by atoms with Crippen molar-refractivity contribution in [2.45, 2.75) is 65.0 Å². The molecule has 0 radical (unpaired) electrons. The van der Waals surface area contributed by atoms with Gasteiger partial charge in [-0.1, -0.05) is 25.4 Å². The van der Waals surface area contributed by atoms with Gasteiger partial charge in [0.05, 0.1) is 24.2 Å². The van der Waals surface area contributed by atoms with Gasteiger partial charge >= 0.3 is 0 Å². The zero-order chi connectivity index (χ0) is 21.4. The number of ether oxygens (including phenoxy) is 1. The molecule has 2 aliphatic heterocycles. The van der Waals surface area contributed by atoms with Crippen LogP contribution in [-0.4, -0.2) is 35.0 Å². The number of fused-ring (bicyclic) bond motifs is 1. The van der Waals surface area contributed by atoms with Crippen LogP contribution in [0, 0.1) is 11.5 Å². The van der Waals surface area contributed by atoms with E-state index in [4.69, 9.17) is 21.3 Å². The van der Waals surface area contributed by atoms with Crippen molar-refractivity contribution in [1.82, 2.24) is 15.3 Å². The molecule has 0 amide bonds. The Kier molecular flexibility index (Phi) is 5.66. The molecule has 30 heavy (non-hydrogen) atoms. The van der Waals surface area contributed by atoms with Gasteiger partial charge in [-0.05, 0) is 57.2 Å². The summed E-state index contributed by atoms with van der Waals surface area (Å²) in [5.74, 6) is 2.52. The van der Waals surface area contributed by atoms with E-state index < -0.39 is 0 Å². The highest BCUT2D eigenvalue weighted by atomic mass is 35.5. The maximum atomic E-state index is 10.1. The lowest BCUT2D eigenvalue weighted by molar-refractivity contribution is 0.150. The molecule has 2 heterocycles. The van der Waals surface area contributed by atoms with Gasteiger partial charge in [-0.25, -0.2) is 10.0 Å². The minimum atomic E-state index is -0.171. The number of amidine groups is 1. The molecule has 0 saturated heterocycles. The lowest BCUT2D eigenvalue weighted by Gasteiger charge is -2.36. The van der Waals surface area contributed by atoms with Gasteiger partial charge in [-0.15, -0.1) is 0 Å². The molecule has 7 heteroatoms. The molecule has 1 N–H and O–H groups in total. The van der Waals surface area contributed by atoms with E-state index in [0.717, 1.165) is 54.9 Å². The van der Waals surface area contributed by atoms with E-state index in [2.05, 4.69) is 25.4 Å². The van der Waals surface area contributed by atoms with Crippen molar-refractivity contribution in [3.8, 4) is 11.9 Å². The molecule has 3 aliphatic rings. The number of rotatable bonds is 5. The smallest absolute Gasteiger partial charge is 0.201 e. The maximum absolute atomic E-state index is 10.1. The molecule has 1 aromatic carbocycles. The van der Waals surface area contributed by atoms with Crippen molar-refractivity contribution in [2.24, 2.45) is 4.99 Å². The number of hydrogen-bond acceptors (Lipinski definition) is 5. The van der Waals surface area contributed by atoms with E-state index in [1.165, 1.54) is 11.3 Å². The molecule has 1 aliphatic carbocycles. The summed E-state index contributed by atoms with van der Waals surface area (Å²) in [5, 5.41) is 18.0. The van der Waals surface area contributed by atoms with E-state index in [0.29, 0.717) is 10.8 Å². The molecule has 0 spiro atoms. The Morgan fingerprint density at radius 3 is 2.73 bits per heavy atom. The fraction of sp³-hybridized carbons (Fsp3) is 0.478.